The first-order valence-corrected chi connectivity index (χ1v) is 15.8. The lowest BCUT2D eigenvalue weighted by atomic mass is 9.90. The number of aromatic hydroxyl groups is 2. The van der Waals surface area contributed by atoms with Crippen molar-refractivity contribution in [2.75, 3.05) is 0 Å². The number of hydrogen-bond donors (Lipinski definition) is 4. The maximum atomic E-state index is 12.1. The normalized spacial score (nSPS) is 14.2. The minimum absolute atomic E-state index is 0.0494. The van der Waals surface area contributed by atoms with E-state index in [1.54, 1.807) is 36.4 Å². The summed E-state index contributed by atoms with van der Waals surface area (Å²) in [5.41, 5.74) is 14.6. The zero-order chi connectivity index (χ0) is 32.5. The Morgan fingerprint density at radius 3 is 1.30 bits per heavy atom. The maximum absolute atomic E-state index is 12.1. The number of fused-ring (bicyclic) bond motifs is 2. The first kappa shape index (κ1) is 32.2. The van der Waals surface area contributed by atoms with E-state index in [9.17, 15) is 19.8 Å². The third-order valence-electron chi connectivity index (χ3n) is 8.48. The number of rotatable bonds is 6. The van der Waals surface area contributed by atoms with Gasteiger partial charge in [0.05, 0.1) is 22.6 Å². The number of para-hydroxylation sites is 2. The van der Waals surface area contributed by atoms with Crippen molar-refractivity contribution in [2.45, 2.75) is 65.2 Å². The van der Waals surface area contributed by atoms with Gasteiger partial charge in [-0.15, -0.1) is 0 Å². The molecule has 0 aliphatic heterocycles. The molecule has 8 nitrogen and oxygen atoms in total. The largest absolute Gasteiger partial charge is 0.507 e. The van der Waals surface area contributed by atoms with Gasteiger partial charge in [0.15, 0.2) is 0 Å². The number of carbonyl (C=O) groups is 2. The topological polar surface area (TPSA) is 123 Å². The van der Waals surface area contributed by atoms with Gasteiger partial charge in [-0.05, 0) is 135 Å². The minimum Gasteiger partial charge on any atom is -0.507 e. The molecule has 0 saturated heterocycles. The van der Waals surface area contributed by atoms with Crippen LogP contribution in [0.5, 0.6) is 11.5 Å². The molecule has 0 heterocycles. The molecule has 0 radical (unpaired) electrons. The second-order valence-electron chi connectivity index (χ2n) is 11.7. The minimum atomic E-state index is -0.416. The van der Waals surface area contributed by atoms with Gasteiger partial charge in [0.1, 0.15) is 11.5 Å². The van der Waals surface area contributed by atoms with Crippen LogP contribution in [-0.2, 0) is 25.7 Å². The van der Waals surface area contributed by atoms with Crippen molar-refractivity contribution in [1.82, 2.24) is 10.9 Å². The highest BCUT2D eigenvalue weighted by atomic mass is 16.3. The number of carbonyl (C=O) groups excluding carboxylic acids is 2. The summed E-state index contributed by atoms with van der Waals surface area (Å²) in [5, 5.41) is 27.7. The molecule has 0 bridgehead atoms. The second kappa shape index (κ2) is 15.2. The Morgan fingerprint density at radius 1 is 0.543 bits per heavy atom. The molecule has 46 heavy (non-hydrogen) atoms. The Morgan fingerprint density at radius 2 is 0.913 bits per heavy atom. The molecule has 2 aliphatic rings. The number of phenolic OH excluding ortho intramolecular Hbond substituents is 2. The van der Waals surface area contributed by atoms with Crippen LogP contribution in [0.25, 0.3) is 0 Å². The van der Waals surface area contributed by atoms with Crippen LogP contribution in [0.4, 0.5) is 0 Å². The van der Waals surface area contributed by atoms with Gasteiger partial charge >= 0.3 is 0 Å². The van der Waals surface area contributed by atoms with E-state index in [-0.39, 0.29) is 22.6 Å². The molecule has 8 heteroatoms. The summed E-state index contributed by atoms with van der Waals surface area (Å²) in [7, 11) is 0. The van der Waals surface area contributed by atoms with E-state index < -0.39 is 11.8 Å². The van der Waals surface area contributed by atoms with Gasteiger partial charge in [0, 0.05) is 0 Å². The summed E-state index contributed by atoms with van der Waals surface area (Å²) in [6.45, 7) is 3.74. The number of nitrogens with one attached hydrogen (secondary N) is 2. The van der Waals surface area contributed by atoms with Gasteiger partial charge in [0.2, 0.25) is 0 Å². The lowest BCUT2D eigenvalue weighted by Crippen LogP contribution is -2.19. The van der Waals surface area contributed by atoms with Gasteiger partial charge in [-0.2, -0.15) is 10.2 Å². The number of nitrogens with zero attached hydrogens (tertiary/aromatic N) is 2. The Hall–Kier alpha value is -5.24. The molecule has 0 atom stereocenters. The highest BCUT2D eigenvalue weighted by Crippen LogP contribution is 2.24. The maximum Gasteiger partial charge on any atom is 0.275 e. The molecule has 4 aromatic carbocycles. The van der Waals surface area contributed by atoms with Crippen LogP contribution in [0, 0.1) is 0 Å². The molecule has 0 unspecified atom stereocenters. The molecule has 4 N–H and O–H groups in total. The lowest BCUT2D eigenvalue weighted by Gasteiger charge is -2.16. The Labute approximate surface area is 269 Å². The summed E-state index contributed by atoms with van der Waals surface area (Å²) >= 11 is 0. The Balaban J connectivity index is 0.000000181. The van der Waals surface area contributed by atoms with Crippen LogP contribution in [0.3, 0.4) is 0 Å². The number of benzene rings is 4. The van der Waals surface area contributed by atoms with Gasteiger partial charge in [-0.1, -0.05) is 48.5 Å². The lowest BCUT2D eigenvalue weighted by molar-refractivity contribution is 0.0943. The molecule has 0 aromatic heterocycles. The predicted octanol–water partition coefficient (Wildman–Crippen LogP) is 6.85. The van der Waals surface area contributed by atoms with Crippen LogP contribution in [-0.4, -0.2) is 33.5 Å². The molecule has 4 aromatic rings. The highest BCUT2D eigenvalue weighted by Gasteiger charge is 2.14. The summed E-state index contributed by atoms with van der Waals surface area (Å²) in [6, 6.07) is 25.6. The molecular formula is C38H40N4O4. The van der Waals surface area contributed by atoms with E-state index >= 15 is 0 Å². The average molecular weight is 617 g/mol. The summed E-state index contributed by atoms with van der Waals surface area (Å²) in [4.78, 5) is 24.1. The smallest absolute Gasteiger partial charge is 0.275 e. The third kappa shape index (κ3) is 8.07. The fourth-order valence-corrected chi connectivity index (χ4v) is 5.77. The van der Waals surface area contributed by atoms with Gasteiger partial charge < -0.3 is 10.2 Å². The molecule has 6 rings (SSSR count). The van der Waals surface area contributed by atoms with Crippen molar-refractivity contribution < 1.29 is 19.8 Å². The molecule has 236 valence electrons. The van der Waals surface area contributed by atoms with Gasteiger partial charge in [-0.3, -0.25) is 9.59 Å². The quantitative estimate of drug-likeness (QED) is 0.140. The van der Waals surface area contributed by atoms with Crippen molar-refractivity contribution in [2.24, 2.45) is 10.2 Å². The summed E-state index contributed by atoms with van der Waals surface area (Å²) in [6.07, 6.45) is 9.51. The van der Waals surface area contributed by atoms with Crippen molar-refractivity contribution in [3.8, 4) is 11.5 Å². The average Bonchev–Trinajstić information content (AvgIpc) is 3.09. The molecule has 0 fully saturated rings. The summed E-state index contributed by atoms with van der Waals surface area (Å²) in [5.74, 6) is -0.931. The van der Waals surface area contributed by atoms with E-state index in [4.69, 9.17) is 0 Å². The number of aryl methyl sites for hydroxylation is 4. The number of hydrogen-bond acceptors (Lipinski definition) is 6. The predicted molar refractivity (Wildman–Crippen MR) is 182 cm³/mol. The molecular weight excluding hydrogens is 576 g/mol. The van der Waals surface area contributed by atoms with Crippen molar-refractivity contribution in [1.29, 1.82) is 0 Å². The van der Waals surface area contributed by atoms with Crippen LogP contribution in [0.2, 0.25) is 0 Å². The first-order valence-electron chi connectivity index (χ1n) is 15.8. The Bertz CT molecular complexity index is 1660. The third-order valence-corrected chi connectivity index (χ3v) is 8.48. The van der Waals surface area contributed by atoms with Crippen LogP contribution in [0.15, 0.2) is 95.1 Å². The van der Waals surface area contributed by atoms with Crippen molar-refractivity contribution >= 4 is 23.2 Å². The molecule has 2 aliphatic carbocycles. The summed E-state index contributed by atoms with van der Waals surface area (Å²) < 4.78 is 0. The molecule has 0 saturated carbocycles. The van der Waals surface area contributed by atoms with E-state index in [2.05, 4.69) is 57.5 Å². The first-order chi connectivity index (χ1) is 22.3. The SMILES string of the molecule is C/C(=N\NC(=O)c1ccccc1O)c1ccc2c(c1)CCCC2.C/C(=N\NC(=O)c1ccccc1O)c1ccc2c(c1)CCCC2. The van der Waals surface area contributed by atoms with E-state index in [0.717, 1.165) is 48.2 Å². The zero-order valence-electron chi connectivity index (χ0n) is 26.3. The van der Waals surface area contributed by atoms with E-state index in [0.29, 0.717) is 0 Å². The van der Waals surface area contributed by atoms with Gasteiger partial charge in [-0.25, -0.2) is 10.9 Å². The van der Waals surface area contributed by atoms with Gasteiger partial charge in [0.25, 0.3) is 11.8 Å². The molecule has 2 amide bonds. The van der Waals surface area contributed by atoms with Crippen LogP contribution >= 0.6 is 0 Å². The van der Waals surface area contributed by atoms with E-state index in [1.807, 2.05) is 13.8 Å². The number of amides is 2. The van der Waals surface area contributed by atoms with Crippen LogP contribution in [0.1, 0.15) is 93.6 Å². The second-order valence-corrected chi connectivity index (χ2v) is 11.7. The standard InChI is InChI=1S/2C19H20N2O2/c2*1-13(15-11-10-14-6-2-3-7-16(14)12-15)20-21-19(23)17-8-4-5-9-18(17)22/h2*4-5,8-12,22H,2-3,6-7H2,1H3,(H,21,23)/b2*20-13+. The zero-order valence-corrected chi connectivity index (χ0v) is 26.3. The highest BCUT2D eigenvalue weighted by molar-refractivity contribution is 6.02. The van der Waals surface area contributed by atoms with Crippen LogP contribution < -0.4 is 10.9 Å². The van der Waals surface area contributed by atoms with E-state index in [1.165, 1.54) is 60.1 Å². The molecule has 0 spiro atoms. The monoisotopic (exact) mass is 616 g/mol. The fraction of sp³-hybridized carbons (Fsp3) is 0.263. The van der Waals surface area contributed by atoms with Crippen molar-refractivity contribution in [3.05, 3.63) is 129 Å². The number of phenols is 2. The Kier molecular flexibility index (Phi) is 10.6. The number of hydrazone groups is 2. The van der Waals surface area contributed by atoms with Crippen molar-refractivity contribution in [3.63, 3.8) is 0 Å². The fourth-order valence-electron chi connectivity index (χ4n) is 5.77.